The minimum Gasteiger partial charge on any atom is -0.324 e. The third-order valence-corrected chi connectivity index (χ3v) is 3.73. The zero-order valence-corrected chi connectivity index (χ0v) is 11.8. The van der Waals surface area contributed by atoms with Crippen LogP contribution in [0.2, 0.25) is 5.02 Å². The molecule has 1 nitrogen and oxygen atoms in total. The normalized spacial score (nSPS) is 12.5. The number of benzene rings is 2. The molecule has 2 aromatic rings. The van der Waals surface area contributed by atoms with Gasteiger partial charge in [-0.3, -0.25) is 0 Å². The second-order valence-corrected chi connectivity index (χ2v) is 5.26. The summed E-state index contributed by atoms with van der Waals surface area (Å²) < 4.78 is 13.4. The van der Waals surface area contributed by atoms with Gasteiger partial charge < -0.3 is 5.73 Å². The Morgan fingerprint density at radius 1 is 1.21 bits per heavy atom. The van der Waals surface area contributed by atoms with Gasteiger partial charge in [0.15, 0.2) is 0 Å². The van der Waals surface area contributed by atoms with Crippen LogP contribution in [0, 0.1) is 19.7 Å². The van der Waals surface area contributed by atoms with Crippen molar-refractivity contribution in [2.24, 2.45) is 5.73 Å². The second-order valence-electron chi connectivity index (χ2n) is 4.88. The van der Waals surface area contributed by atoms with Crippen LogP contribution in [0.1, 0.15) is 28.3 Å². The van der Waals surface area contributed by atoms with Gasteiger partial charge in [-0.25, -0.2) is 4.39 Å². The Kier molecular flexibility index (Phi) is 4.23. The van der Waals surface area contributed by atoms with E-state index in [4.69, 9.17) is 17.3 Å². The van der Waals surface area contributed by atoms with Crippen molar-refractivity contribution in [3.05, 3.63) is 69.5 Å². The summed E-state index contributed by atoms with van der Waals surface area (Å²) in [6.07, 6.45) is 0.529. The van der Waals surface area contributed by atoms with E-state index in [0.717, 1.165) is 16.7 Å². The van der Waals surface area contributed by atoms with Gasteiger partial charge in [-0.1, -0.05) is 47.5 Å². The molecule has 1 unspecified atom stereocenters. The molecule has 0 heterocycles. The van der Waals surface area contributed by atoms with Crippen molar-refractivity contribution in [2.45, 2.75) is 26.3 Å². The van der Waals surface area contributed by atoms with Gasteiger partial charge >= 0.3 is 0 Å². The minimum absolute atomic E-state index is 0.170. The summed E-state index contributed by atoms with van der Waals surface area (Å²) in [5.41, 5.74) is 10.4. The highest BCUT2D eigenvalue weighted by Gasteiger charge is 2.13. The highest BCUT2D eigenvalue weighted by molar-refractivity contribution is 6.31. The van der Waals surface area contributed by atoms with Crippen LogP contribution in [0.3, 0.4) is 0 Å². The van der Waals surface area contributed by atoms with E-state index in [9.17, 15) is 4.39 Å². The Hall–Kier alpha value is -1.38. The fraction of sp³-hybridized carbons (Fsp3) is 0.250. The Labute approximate surface area is 118 Å². The zero-order valence-electron chi connectivity index (χ0n) is 11.1. The Morgan fingerprint density at radius 3 is 2.68 bits per heavy atom. The monoisotopic (exact) mass is 277 g/mol. The molecule has 0 aliphatic rings. The first-order valence-corrected chi connectivity index (χ1v) is 6.62. The largest absolute Gasteiger partial charge is 0.324 e. The van der Waals surface area contributed by atoms with E-state index in [1.54, 1.807) is 6.07 Å². The Balaban J connectivity index is 2.28. The first-order chi connectivity index (χ1) is 8.99. The maximum atomic E-state index is 13.4. The van der Waals surface area contributed by atoms with E-state index in [0.29, 0.717) is 6.42 Å². The maximum absolute atomic E-state index is 13.4. The van der Waals surface area contributed by atoms with E-state index in [1.165, 1.54) is 11.6 Å². The molecule has 1 atom stereocenters. The van der Waals surface area contributed by atoms with Crippen LogP contribution in [0.15, 0.2) is 36.4 Å². The van der Waals surface area contributed by atoms with E-state index in [2.05, 4.69) is 18.2 Å². The average molecular weight is 278 g/mol. The third-order valence-electron chi connectivity index (χ3n) is 3.31. The molecule has 2 N–H and O–H groups in total. The van der Waals surface area contributed by atoms with Crippen LogP contribution in [0.5, 0.6) is 0 Å². The molecule has 0 aliphatic carbocycles. The smallest absolute Gasteiger partial charge is 0.142 e. The lowest BCUT2D eigenvalue weighted by Gasteiger charge is -2.16. The van der Waals surface area contributed by atoms with Gasteiger partial charge in [0.2, 0.25) is 0 Å². The molecular weight excluding hydrogens is 261 g/mol. The van der Waals surface area contributed by atoms with Gasteiger partial charge in [0.25, 0.3) is 0 Å². The van der Waals surface area contributed by atoms with Crippen LogP contribution >= 0.6 is 11.6 Å². The maximum Gasteiger partial charge on any atom is 0.142 e. The molecule has 0 fully saturated rings. The van der Waals surface area contributed by atoms with Gasteiger partial charge in [-0.05, 0) is 43.0 Å². The highest BCUT2D eigenvalue weighted by Crippen LogP contribution is 2.26. The van der Waals surface area contributed by atoms with Gasteiger partial charge in [-0.2, -0.15) is 0 Å². The predicted octanol–water partition coefficient (Wildman–Crippen LogP) is 4.34. The molecule has 0 bridgehead atoms. The standard InChI is InChI=1S/C16H17ClFN/c1-10-6-7-11(2)13(8-10)15(19)9-12-4-3-5-14(18)16(12)17/h3-8,15H,9,19H2,1-2H3. The molecule has 0 aliphatic heterocycles. The van der Waals surface area contributed by atoms with Crippen LogP contribution in [0.25, 0.3) is 0 Å². The second kappa shape index (κ2) is 5.72. The fourth-order valence-electron chi connectivity index (χ4n) is 2.21. The SMILES string of the molecule is Cc1ccc(C)c(C(N)Cc2cccc(F)c2Cl)c1. The molecular formula is C16H17ClFN. The number of rotatable bonds is 3. The molecule has 100 valence electrons. The van der Waals surface area contributed by atoms with Gasteiger partial charge in [-0.15, -0.1) is 0 Å². The number of hydrogen-bond donors (Lipinski definition) is 1. The summed E-state index contributed by atoms with van der Waals surface area (Å²) in [6, 6.07) is 10.8. The summed E-state index contributed by atoms with van der Waals surface area (Å²) in [4.78, 5) is 0. The molecule has 0 radical (unpaired) electrons. The molecule has 3 heteroatoms. The van der Waals surface area contributed by atoms with Crippen LogP contribution in [-0.4, -0.2) is 0 Å². The third kappa shape index (κ3) is 3.14. The van der Waals surface area contributed by atoms with Crippen molar-refractivity contribution < 1.29 is 4.39 Å². The van der Waals surface area contributed by atoms with E-state index in [1.807, 2.05) is 19.9 Å². The molecule has 2 rings (SSSR count). The van der Waals surface area contributed by atoms with Crippen LogP contribution in [-0.2, 0) is 6.42 Å². The van der Waals surface area contributed by atoms with Crippen molar-refractivity contribution in [3.8, 4) is 0 Å². The van der Waals surface area contributed by atoms with Crippen molar-refractivity contribution >= 4 is 11.6 Å². The van der Waals surface area contributed by atoms with E-state index in [-0.39, 0.29) is 11.1 Å². The minimum atomic E-state index is -0.396. The Morgan fingerprint density at radius 2 is 1.95 bits per heavy atom. The lowest BCUT2D eigenvalue weighted by molar-refractivity contribution is 0.622. The molecule has 0 spiro atoms. The van der Waals surface area contributed by atoms with Crippen molar-refractivity contribution in [2.75, 3.05) is 0 Å². The predicted molar refractivity (Wildman–Crippen MR) is 78.0 cm³/mol. The first kappa shape index (κ1) is 14.0. The van der Waals surface area contributed by atoms with Gasteiger partial charge in [0.1, 0.15) is 5.82 Å². The van der Waals surface area contributed by atoms with Crippen molar-refractivity contribution in [1.29, 1.82) is 0 Å². The molecule has 0 saturated carbocycles. The molecule has 19 heavy (non-hydrogen) atoms. The molecule has 0 aromatic heterocycles. The van der Waals surface area contributed by atoms with Crippen LogP contribution < -0.4 is 5.73 Å². The Bertz CT molecular complexity index is 595. The lowest BCUT2D eigenvalue weighted by atomic mass is 9.94. The molecule has 0 amide bonds. The van der Waals surface area contributed by atoms with Gasteiger partial charge in [0.05, 0.1) is 5.02 Å². The van der Waals surface area contributed by atoms with Gasteiger partial charge in [0, 0.05) is 6.04 Å². The number of nitrogens with two attached hydrogens (primary N) is 1. The summed E-state index contributed by atoms with van der Waals surface area (Å²) in [5.74, 6) is -0.396. The topological polar surface area (TPSA) is 26.0 Å². The summed E-state index contributed by atoms with van der Waals surface area (Å²) >= 11 is 5.97. The lowest BCUT2D eigenvalue weighted by Crippen LogP contribution is -2.15. The quantitative estimate of drug-likeness (QED) is 0.887. The average Bonchev–Trinajstić information content (AvgIpc) is 2.38. The highest BCUT2D eigenvalue weighted by atomic mass is 35.5. The number of hydrogen-bond acceptors (Lipinski definition) is 1. The number of halogens is 2. The summed E-state index contributed by atoms with van der Waals surface area (Å²) in [6.45, 7) is 4.06. The van der Waals surface area contributed by atoms with Crippen LogP contribution in [0.4, 0.5) is 4.39 Å². The summed E-state index contributed by atoms with van der Waals surface area (Å²) in [5, 5.41) is 0.170. The van der Waals surface area contributed by atoms with Crippen molar-refractivity contribution in [3.63, 3.8) is 0 Å². The van der Waals surface area contributed by atoms with E-state index < -0.39 is 5.82 Å². The summed E-state index contributed by atoms with van der Waals surface area (Å²) in [7, 11) is 0. The number of aryl methyl sites for hydroxylation is 2. The molecule has 0 saturated heterocycles. The van der Waals surface area contributed by atoms with E-state index >= 15 is 0 Å². The first-order valence-electron chi connectivity index (χ1n) is 6.24. The van der Waals surface area contributed by atoms with Crippen molar-refractivity contribution in [1.82, 2.24) is 0 Å². The zero-order chi connectivity index (χ0) is 14.0. The fourth-order valence-corrected chi connectivity index (χ4v) is 2.42. The molecule has 2 aromatic carbocycles.